The summed E-state index contributed by atoms with van der Waals surface area (Å²) in [4.78, 5) is 0. The van der Waals surface area contributed by atoms with E-state index in [1.165, 1.54) is 5.39 Å². The lowest BCUT2D eigenvalue weighted by Crippen LogP contribution is -1.94. The second-order valence-corrected chi connectivity index (χ2v) is 7.13. The second-order valence-electron chi connectivity index (χ2n) is 7.13. The van der Waals surface area contributed by atoms with Crippen molar-refractivity contribution in [3.8, 4) is 34.5 Å². The minimum Gasteiger partial charge on any atom is -0.497 e. The van der Waals surface area contributed by atoms with Crippen molar-refractivity contribution in [3.63, 3.8) is 0 Å². The third-order valence-corrected chi connectivity index (χ3v) is 4.94. The molecule has 148 valence electrons. The number of rotatable bonds is 5. The zero-order chi connectivity index (χ0) is 20.8. The standard InChI is InChI=1S/C28H24O2/c1-3-18-30-28-17-14-25-19-22(8-11-26(25)20-28)5-4-21-6-9-23(10-7-21)24-12-15-27(29-2)16-13-24/h6-17,19-20H,3,18H2,1-2H3. The lowest BCUT2D eigenvalue weighted by molar-refractivity contribution is 0.318. The molecule has 0 radical (unpaired) electrons. The molecule has 0 bridgehead atoms. The van der Waals surface area contributed by atoms with Crippen LogP contribution in [0.15, 0.2) is 84.9 Å². The van der Waals surface area contributed by atoms with Crippen molar-refractivity contribution < 1.29 is 9.47 Å². The van der Waals surface area contributed by atoms with Crippen molar-refractivity contribution >= 4 is 10.8 Å². The number of ether oxygens (including phenoxy) is 2. The van der Waals surface area contributed by atoms with Gasteiger partial charge in [0.1, 0.15) is 11.5 Å². The van der Waals surface area contributed by atoms with Crippen molar-refractivity contribution in [2.45, 2.75) is 13.3 Å². The summed E-state index contributed by atoms with van der Waals surface area (Å²) in [6.07, 6.45) is 1.01. The average molecular weight is 392 g/mol. The smallest absolute Gasteiger partial charge is 0.119 e. The molecule has 30 heavy (non-hydrogen) atoms. The molecule has 0 unspecified atom stereocenters. The van der Waals surface area contributed by atoms with Crippen molar-refractivity contribution in [2.75, 3.05) is 13.7 Å². The summed E-state index contributed by atoms with van der Waals surface area (Å²) in [5.41, 5.74) is 4.32. The van der Waals surface area contributed by atoms with Crippen LogP contribution < -0.4 is 9.47 Å². The van der Waals surface area contributed by atoms with Gasteiger partial charge in [-0.3, -0.25) is 0 Å². The molecule has 4 aromatic carbocycles. The van der Waals surface area contributed by atoms with E-state index in [2.05, 4.69) is 85.5 Å². The van der Waals surface area contributed by atoms with E-state index in [-0.39, 0.29) is 0 Å². The summed E-state index contributed by atoms with van der Waals surface area (Å²) in [6.45, 7) is 2.85. The largest absolute Gasteiger partial charge is 0.497 e. The van der Waals surface area contributed by atoms with Crippen molar-refractivity contribution in [1.29, 1.82) is 0 Å². The third kappa shape index (κ3) is 4.64. The Morgan fingerprint density at radius 3 is 1.90 bits per heavy atom. The van der Waals surface area contributed by atoms with E-state index in [4.69, 9.17) is 9.47 Å². The van der Waals surface area contributed by atoms with Crippen molar-refractivity contribution in [3.05, 3.63) is 96.1 Å². The Morgan fingerprint density at radius 2 is 1.20 bits per heavy atom. The van der Waals surface area contributed by atoms with Gasteiger partial charge in [0.15, 0.2) is 0 Å². The fourth-order valence-corrected chi connectivity index (χ4v) is 3.29. The van der Waals surface area contributed by atoms with Gasteiger partial charge in [-0.25, -0.2) is 0 Å². The monoisotopic (exact) mass is 392 g/mol. The molecule has 0 heterocycles. The molecule has 0 aliphatic rings. The topological polar surface area (TPSA) is 18.5 Å². The highest BCUT2D eigenvalue weighted by atomic mass is 16.5. The minimum absolute atomic E-state index is 0.742. The van der Waals surface area contributed by atoms with E-state index in [9.17, 15) is 0 Å². The maximum Gasteiger partial charge on any atom is 0.119 e. The van der Waals surface area contributed by atoms with E-state index < -0.39 is 0 Å². The molecule has 0 aromatic heterocycles. The molecule has 0 aliphatic heterocycles. The summed E-state index contributed by atoms with van der Waals surface area (Å²) in [6, 6.07) is 28.9. The zero-order valence-electron chi connectivity index (χ0n) is 17.3. The fraction of sp³-hybridized carbons (Fsp3) is 0.143. The molecule has 0 saturated carbocycles. The Morgan fingerprint density at radius 1 is 0.633 bits per heavy atom. The first-order valence-corrected chi connectivity index (χ1v) is 10.2. The first-order chi connectivity index (χ1) is 14.7. The quantitative estimate of drug-likeness (QED) is 0.352. The van der Waals surface area contributed by atoms with Gasteiger partial charge in [-0.2, -0.15) is 0 Å². The first-order valence-electron chi connectivity index (χ1n) is 10.2. The maximum atomic E-state index is 5.72. The van der Waals surface area contributed by atoms with E-state index >= 15 is 0 Å². The van der Waals surface area contributed by atoms with E-state index in [1.54, 1.807) is 7.11 Å². The Balaban J connectivity index is 1.50. The number of fused-ring (bicyclic) bond motifs is 1. The number of methoxy groups -OCH3 is 1. The summed E-state index contributed by atoms with van der Waals surface area (Å²) in [5, 5.41) is 2.33. The van der Waals surface area contributed by atoms with E-state index in [0.29, 0.717) is 0 Å². The Kier molecular flexibility index (Phi) is 6.01. The van der Waals surface area contributed by atoms with Gasteiger partial charge in [-0.1, -0.05) is 55.2 Å². The highest BCUT2D eigenvalue weighted by molar-refractivity contribution is 5.85. The van der Waals surface area contributed by atoms with Crippen LogP contribution in [0.5, 0.6) is 11.5 Å². The van der Waals surface area contributed by atoms with Crippen LogP contribution in [0.3, 0.4) is 0 Å². The van der Waals surface area contributed by atoms with Crippen LogP contribution in [0.25, 0.3) is 21.9 Å². The maximum absolute atomic E-state index is 5.72. The molecule has 0 fully saturated rings. The van der Waals surface area contributed by atoms with Crippen LogP contribution in [-0.4, -0.2) is 13.7 Å². The van der Waals surface area contributed by atoms with Crippen LogP contribution in [0.4, 0.5) is 0 Å². The third-order valence-electron chi connectivity index (χ3n) is 4.94. The van der Waals surface area contributed by atoms with Gasteiger partial charge >= 0.3 is 0 Å². The highest BCUT2D eigenvalue weighted by Gasteiger charge is 2.00. The minimum atomic E-state index is 0.742. The first kappa shape index (κ1) is 19.6. The fourth-order valence-electron chi connectivity index (χ4n) is 3.29. The van der Waals surface area contributed by atoms with Crippen molar-refractivity contribution in [2.24, 2.45) is 0 Å². The molecule has 0 N–H and O–H groups in total. The van der Waals surface area contributed by atoms with Gasteiger partial charge in [0.2, 0.25) is 0 Å². The van der Waals surface area contributed by atoms with Crippen LogP contribution in [-0.2, 0) is 0 Å². The van der Waals surface area contributed by atoms with E-state index in [1.807, 2.05) is 18.2 Å². The van der Waals surface area contributed by atoms with Crippen molar-refractivity contribution in [1.82, 2.24) is 0 Å². The van der Waals surface area contributed by atoms with Crippen LogP contribution >= 0.6 is 0 Å². The Bertz CT molecular complexity index is 1190. The SMILES string of the molecule is CCCOc1ccc2cc(C#Cc3ccc(-c4ccc(OC)cc4)cc3)ccc2c1. The molecule has 0 spiro atoms. The van der Waals surface area contributed by atoms with Gasteiger partial charge in [0, 0.05) is 11.1 Å². The molecule has 4 aromatic rings. The molecule has 0 atom stereocenters. The number of hydrogen-bond donors (Lipinski definition) is 0. The van der Waals surface area contributed by atoms with E-state index in [0.717, 1.165) is 52.2 Å². The molecule has 2 nitrogen and oxygen atoms in total. The van der Waals surface area contributed by atoms with Gasteiger partial charge < -0.3 is 9.47 Å². The second kappa shape index (κ2) is 9.20. The summed E-state index contributed by atoms with van der Waals surface area (Å²) >= 11 is 0. The Labute approximate surface area is 178 Å². The molecule has 4 rings (SSSR count). The van der Waals surface area contributed by atoms with Crippen LogP contribution in [0, 0.1) is 11.8 Å². The lowest BCUT2D eigenvalue weighted by atomic mass is 10.0. The Hall–Kier alpha value is -3.70. The molecule has 2 heteroatoms. The highest BCUT2D eigenvalue weighted by Crippen LogP contribution is 2.23. The molecule has 0 saturated heterocycles. The summed E-state index contributed by atoms with van der Waals surface area (Å²) in [5.74, 6) is 8.32. The molecule has 0 amide bonds. The van der Waals surface area contributed by atoms with Gasteiger partial charge in [0.25, 0.3) is 0 Å². The lowest BCUT2D eigenvalue weighted by Gasteiger charge is -2.06. The average Bonchev–Trinajstić information content (AvgIpc) is 2.81. The normalized spacial score (nSPS) is 10.3. The summed E-state index contributed by atoms with van der Waals surface area (Å²) in [7, 11) is 1.68. The van der Waals surface area contributed by atoms with Crippen LogP contribution in [0.1, 0.15) is 24.5 Å². The van der Waals surface area contributed by atoms with Gasteiger partial charge in [-0.05, 0) is 76.9 Å². The molecule has 0 aliphatic carbocycles. The molecular formula is C28H24O2. The zero-order valence-corrected chi connectivity index (χ0v) is 17.3. The van der Waals surface area contributed by atoms with Gasteiger partial charge in [-0.15, -0.1) is 0 Å². The summed E-state index contributed by atoms with van der Waals surface area (Å²) < 4.78 is 10.9. The number of hydrogen-bond acceptors (Lipinski definition) is 2. The predicted octanol–water partition coefficient (Wildman–Crippen LogP) is 6.70. The van der Waals surface area contributed by atoms with Gasteiger partial charge in [0.05, 0.1) is 13.7 Å². The molecular weight excluding hydrogens is 368 g/mol. The van der Waals surface area contributed by atoms with Crippen LogP contribution in [0.2, 0.25) is 0 Å². The predicted molar refractivity (Wildman–Crippen MR) is 124 cm³/mol. The number of benzene rings is 4.